The van der Waals surface area contributed by atoms with Gasteiger partial charge in [0.25, 0.3) is 0 Å². The fourth-order valence-corrected chi connectivity index (χ4v) is 3.41. The Morgan fingerprint density at radius 1 is 1.00 bits per heavy atom. The van der Waals surface area contributed by atoms with Crippen molar-refractivity contribution >= 4 is 0 Å². The fourth-order valence-electron chi connectivity index (χ4n) is 3.41. The standard InChI is InChI=1S/C12H23N/c1-12(8-2-3-9-12)10-4-6-11(13)7-5-10/h10-11H,2-9,13H2,1H3. The highest BCUT2D eigenvalue weighted by Gasteiger charge is 2.37. The normalized spacial score (nSPS) is 39.2. The molecule has 2 fully saturated rings. The molecule has 1 nitrogen and oxygen atoms in total. The molecule has 1 heteroatoms. The van der Waals surface area contributed by atoms with Gasteiger partial charge >= 0.3 is 0 Å². The molecule has 2 N–H and O–H groups in total. The molecule has 0 aliphatic heterocycles. The van der Waals surface area contributed by atoms with Gasteiger partial charge in [-0.3, -0.25) is 0 Å². The predicted molar refractivity (Wildman–Crippen MR) is 56.5 cm³/mol. The minimum absolute atomic E-state index is 0.515. The zero-order valence-electron chi connectivity index (χ0n) is 8.89. The molecule has 0 unspecified atom stereocenters. The quantitative estimate of drug-likeness (QED) is 0.661. The first kappa shape index (κ1) is 9.51. The summed E-state index contributed by atoms with van der Waals surface area (Å²) in [6, 6.07) is 0.515. The Kier molecular flexibility index (Phi) is 2.64. The Balaban J connectivity index is 1.93. The molecule has 0 aromatic heterocycles. The van der Waals surface area contributed by atoms with Gasteiger partial charge in [0.15, 0.2) is 0 Å². The summed E-state index contributed by atoms with van der Waals surface area (Å²) < 4.78 is 0. The summed E-state index contributed by atoms with van der Waals surface area (Å²) in [6.45, 7) is 2.52. The van der Waals surface area contributed by atoms with Gasteiger partial charge < -0.3 is 5.73 Å². The van der Waals surface area contributed by atoms with Crippen molar-refractivity contribution in [3.8, 4) is 0 Å². The van der Waals surface area contributed by atoms with Crippen LogP contribution >= 0.6 is 0 Å². The van der Waals surface area contributed by atoms with Gasteiger partial charge in [-0.25, -0.2) is 0 Å². The van der Waals surface area contributed by atoms with Crippen LogP contribution in [0.5, 0.6) is 0 Å². The summed E-state index contributed by atoms with van der Waals surface area (Å²) in [5.41, 5.74) is 6.63. The van der Waals surface area contributed by atoms with Crippen LogP contribution in [0.25, 0.3) is 0 Å². The Morgan fingerprint density at radius 3 is 2.08 bits per heavy atom. The molecule has 2 aliphatic carbocycles. The number of hydrogen-bond acceptors (Lipinski definition) is 1. The largest absolute Gasteiger partial charge is 0.328 e. The average molecular weight is 181 g/mol. The van der Waals surface area contributed by atoms with Gasteiger partial charge in [-0.05, 0) is 49.9 Å². The van der Waals surface area contributed by atoms with Crippen molar-refractivity contribution in [3.05, 3.63) is 0 Å². The molecular weight excluding hydrogens is 158 g/mol. The molecule has 2 aliphatic rings. The third-order valence-corrected chi connectivity index (χ3v) is 4.50. The molecule has 2 saturated carbocycles. The first-order valence-corrected chi connectivity index (χ1v) is 5.96. The highest BCUT2D eigenvalue weighted by Crippen LogP contribution is 2.48. The van der Waals surface area contributed by atoms with Crippen molar-refractivity contribution in [2.75, 3.05) is 0 Å². The van der Waals surface area contributed by atoms with E-state index in [9.17, 15) is 0 Å². The van der Waals surface area contributed by atoms with Gasteiger partial charge in [-0.2, -0.15) is 0 Å². The monoisotopic (exact) mass is 181 g/mol. The molecule has 0 radical (unpaired) electrons. The lowest BCUT2D eigenvalue weighted by molar-refractivity contribution is 0.136. The summed E-state index contributed by atoms with van der Waals surface area (Å²) in [5, 5.41) is 0. The minimum Gasteiger partial charge on any atom is -0.328 e. The molecule has 0 saturated heterocycles. The smallest absolute Gasteiger partial charge is 0.00390 e. The van der Waals surface area contributed by atoms with E-state index in [-0.39, 0.29) is 0 Å². The van der Waals surface area contributed by atoms with E-state index in [0.29, 0.717) is 11.5 Å². The lowest BCUT2D eigenvalue weighted by Gasteiger charge is -2.38. The van der Waals surface area contributed by atoms with Crippen molar-refractivity contribution in [1.82, 2.24) is 0 Å². The van der Waals surface area contributed by atoms with E-state index in [1.54, 1.807) is 0 Å². The zero-order valence-corrected chi connectivity index (χ0v) is 8.89. The van der Waals surface area contributed by atoms with E-state index in [1.807, 2.05) is 0 Å². The van der Waals surface area contributed by atoms with E-state index in [0.717, 1.165) is 5.92 Å². The van der Waals surface area contributed by atoms with Gasteiger partial charge in [0.05, 0.1) is 0 Å². The van der Waals surface area contributed by atoms with E-state index >= 15 is 0 Å². The fraction of sp³-hybridized carbons (Fsp3) is 1.00. The third-order valence-electron chi connectivity index (χ3n) is 4.50. The molecule has 76 valence electrons. The SMILES string of the molecule is CC1(C2CCC(N)CC2)CCCC1. The molecule has 0 aromatic rings. The molecule has 2 rings (SSSR count). The van der Waals surface area contributed by atoms with E-state index < -0.39 is 0 Å². The molecule has 0 spiro atoms. The summed E-state index contributed by atoms with van der Waals surface area (Å²) in [4.78, 5) is 0. The van der Waals surface area contributed by atoms with E-state index in [2.05, 4.69) is 6.92 Å². The van der Waals surface area contributed by atoms with E-state index in [1.165, 1.54) is 51.4 Å². The van der Waals surface area contributed by atoms with Gasteiger partial charge in [0.1, 0.15) is 0 Å². The van der Waals surface area contributed by atoms with Crippen molar-refractivity contribution in [2.45, 2.75) is 64.3 Å². The van der Waals surface area contributed by atoms with Crippen LogP contribution in [0.15, 0.2) is 0 Å². The molecule has 0 bridgehead atoms. The van der Waals surface area contributed by atoms with Crippen molar-refractivity contribution in [3.63, 3.8) is 0 Å². The van der Waals surface area contributed by atoms with Gasteiger partial charge in [0, 0.05) is 6.04 Å². The highest BCUT2D eigenvalue weighted by molar-refractivity contribution is 4.90. The van der Waals surface area contributed by atoms with Gasteiger partial charge in [-0.1, -0.05) is 19.8 Å². The molecule has 0 aromatic carbocycles. The average Bonchev–Trinajstić information content (AvgIpc) is 2.54. The summed E-state index contributed by atoms with van der Waals surface area (Å²) in [7, 11) is 0. The maximum Gasteiger partial charge on any atom is 0.00390 e. The van der Waals surface area contributed by atoms with Crippen LogP contribution < -0.4 is 5.73 Å². The maximum atomic E-state index is 5.94. The van der Waals surface area contributed by atoms with Crippen LogP contribution in [0, 0.1) is 11.3 Å². The predicted octanol–water partition coefficient (Wildman–Crippen LogP) is 3.08. The Labute approximate surface area is 82.1 Å². The number of nitrogens with two attached hydrogens (primary N) is 1. The summed E-state index contributed by atoms with van der Waals surface area (Å²) >= 11 is 0. The second kappa shape index (κ2) is 3.61. The van der Waals surface area contributed by atoms with Crippen LogP contribution in [0.1, 0.15) is 58.3 Å². The lowest BCUT2D eigenvalue weighted by atomic mass is 9.68. The lowest BCUT2D eigenvalue weighted by Crippen LogP contribution is -2.33. The summed E-state index contributed by atoms with van der Waals surface area (Å²) in [5.74, 6) is 0.995. The topological polar surface area (TPSA) is 26.0 Å². The van der Waals surface area contributed by atoms with Gasteiger partial charge in [-0.15, -0.1) is 0 Å². The maximum absolute atomic E-state index is 5.94. The van der Waals surface area contributed by atoms with Crippen LogP contribution in [-0.4, -0.2) is 6.04 Å². The molecular formula is C12H23N. The summed E-state index contributed by atoms with van der Waals surface area (Å²) in [6.07, 6.45) is 11.3. The molecule has 0 atom stereocenters. The van der Waals surface area contributed by atoms with Crippen LogP contribution in [0.3, 0.4) is 0 Å². The Hall–Kier alpha value is -0.0400. The van der Waals surface area contributed by atoms with Crippen LogP contribution in [0.2, 0.25) is 0 Å². The third kappa shape index (κ3) is 1.90. The molecule has 0 amide bonds. The highest BCUT2D eigenvalue weighted by atomic mass is 14.6. The second-order valence-corrected chi connectivity index (χ2v) is 5.47. The number of rotatable bonds is 1. The van der Waals surface area contributed by atoms with Crippen molar-refractivity contribution < 1.29 is 0 Å². The first-order chi connectivity index (χ1) is 6.21. The van der Waals surface area contributed by atoms with Crippen LogP contribution in [0.4, 0.5) is 0 Å². The minimum atomic E-state index is 0.515. The van der Waals surface area contributed by atoms with Crippen LogP contribution in [-0.2, 0) is 0 Å². The van der Waals surface area contributed by atoms with Crippen molar-refractivity contribution in [1.29, 1.82) is 0 Å². The van der Waals surface area contributed by atoms with Gasteiger partial charge in [0.2, 0.25) is 0 Å². The molecule has 0 heterocycles. The Bertz CT molecular complexity index is 162. The Morgan fingerprint density at radius 2 is 1.54 bits per heavy atom. The van der Waals surface area contributed by atoms with E-state index in [4.69, 9.17) is 5.73 Å². The van der Waals surface area contributed by atoms with Crippen molar-refractivity contribution in [2.24, 2.45) is 17.1 Å². The molecule has 13 heavy (non-hydrogen) atoms. The zero-order chi connectivity index (χ0) is 9.31. The first-order valence-electron chi connectivity index (χ1n) is 5.96. The number of hydrogen-bond donors (Lipinski definition) is 1. The second-order valence-electron chi connectivity index (χ2n) is 5.47.